The second-order valence-corrected chi connectivity index (χ2v) is 7.58. The first-order chi connectivity index (χ1) is 15.5. The predicted molar refractivity (Wildman–Crippen MR) is 119 cm³/mol. The van der Waals surface area contributed by atoms with E-state index in [2.05, 4.69) is 19.9 Å². The molecule has 1 aliphatic rings. The SMILES string of the molecule is NC(=Nc1cc(CCCN2CCN(c3ccc(F)cc3F)CC2)nc(N)n1)c1ccco1. The van der Waals surface area contributed by atoms with Gasteiger partial charge in [0.05, 0.1) is 12.0 Å². The van der Waals surface area contributed by atoms with Gasteiger partial charge in [-0.3, -0.25) is 4.90 Å². The molecule has 2 aromatic heterocycles. The van der Waals surface area contributed by atoms with Crippen molar-refractivity contribution in [3.63, 3.8) is 0 Å². The zero-order valence-corrected chi connectivity index (χ0v) is 17.5. The molecule has 4 rings (SSSR count). The van der Waals surface area contributed by atoms with Gasteiger partial charge in [-0.15, -0.1) is 0 Å². The maximum absolute atomic E-state index is 14.0. The minimum Gasteiger partial charge on any atom is -0.461 e. The summed E-state index contributed by atoms with van der Waals surface area (Å²) >= 11 is 0. The van der Waals surface area contributed by atoms with Gasteiger partial charge in [-0.05, 0) is 43.7 Å². The molecule has 8 nitrogen and oxygen atoms in total. The summed E-state index contributed by atoms with van der Waals surface area (Å²) in [5.74, 6) is 0.122. The van der Waals surface area contributed by atoms with Crippen molar-refractivity contribution in [1.29, 1.82) is 0 Å². The van der Waals surface area contributed by atoms with E-state index in [9.17, 15) is 8.78 Å². The van der Waals surface area contributed by atoms with Crippen LogP contribution >= 0.6 is 0 Å². The van der Waals surface area contributed by atoms with E-state index >= 15 is 0 Å². The third-order valence-corrected chi connectivity index (χ3v) is 5.32. The Bertz CT molecular complexity index is 1080. The highest BCUT2D eigenvalue weighted by atomic mass is 19.1. The Labute approximate surface area is 184 Å². The third-order valence-electron chi connectivity index (χ3n) is 5.32. The quantitative estimate of drug-likeness (QED) is 0.428. The standard InChI is InChI=1S/C22H25F2N7O/c23-15-5-6-18(17(24)13-15)31-10-8-30(9-11-31)7-1-3-16-14-20(29-22(26)27-16)28-21(25)19-4-2-12-32-19/h2,4-6,12-14H,1,3,7-11H2,(H4,25,26,27,28,29). The van der Waals surface area contributed by atoms with Crippen molar-refractivity contribution in [3.05, 3.63) is 65.7 Å². The van der Waals surface area contributed by atoms with Gasteiger partial charge in [-0.25, -0.2) is 18.8 Å². The molecule has 1 fully saturated rings. The van der Waals surface area contributed by atoms with E-state index < -0.39 is 11.6 Å². The van der Waals surface area contributed by atoms with Gasteiger partial charge in [0.1, 0.15) is 11.6 Å². The third kappa shape index (κ3) is 5.38. The Hall–Kier alpha value is -3.53. The molecular weight excluding hydrogens is 416 g/mol. The molecule has 32 heavy (non-hydrogen) atoms. The van der Waals surface area contributed by atoms with Crippen molar-refractivity contribution in [2.24, 2.45) is 10.7 Å². The van der Waals surface area contributed by atoms with Crippen LogP contribution in [0, 0.1) is 11.6 Å². The normalized spacial score (nSPS) is 15.3. The Morgan fingerprint density at radius 2 is 1.91 bits per heavy atom. The van der Waals surface area contributed by atoms with Crippen LogP contribution in [0.2, 0.25) is 0 Å². The molecule has 1 aliphatic heterocycles. The number of piperazine rings is 1. The molecule has 4 N–H and O–H groups in total. The minimum absolute atomic E-state index is 0.142. The number of amidine groups is 1. The monoisotopic (exact) mass is 441 g/mol. The van der Waals surface area contributed by atoms with Gasteiger partial charge < -0.3 is 20.8 Å². The number of furan rings is 1. The Morgan fingerprint density at radius 3 is 2.62 bits per heavy atom. The first kappa shape index (κ1) is 21.7. The van der Waals surface area contributed by atoms with Gasteiger partial charge >= 0.3 is 0 Å². The number of aliphatic imine (C=N–C) groups is 1. The number of nitrogens with two attached hydrogens (primary N) is 2. The van der Waals surface area contributed by atoms with Crippen molar-refractivity contribution in [3.8, 4) is 0 Å². The first-order valence-electron chi connectivity index (χ1n) is 10.4. The van der Waals surface area contributed by atoms with E-state index in [-0.39, 0.29) is 11.8 Å². The lowest BCUT2D eigenvalue weighted by molar-refractivity contribution is 0.254. The van der Waals surface area contributed by atoms with E-state index in [0.717, 1.165) is 37.8 Å². The van der Waals surface area contributed by atoms with Crippen molar-refractivity contribution >= 4 is 23.3 Å². The summed E-state index contributed by atoms with van der Waals surface area (Å²) in [7, 11) is 0. The number of nitrogens with zero attached hydrogens (tertiary/aromatic N) is 5. The topological polar surface area (TPSA) is 110 Å². The zero-order chi connectivity index (χ0) is 22.5. The van der Waals surface area contributed by atoms with Crippen molar-refractivity contribution in [1.82, 2.24) is 14.9 Å². The van der Waals surface area contributed by atoms with Gasteiger partial charge in [0, 0.05) is 44.0 Å². The van der Waals surface area contributed by atoms with Crippen molar-refractivity contribution < 1.29 is 13.2 Å². The number of benzene rings is 1. The molecule has 3 heterocycles. The number of anilines is 2. The van der Waals surface area contributed by atoms with Crippen LogP contribution in [0.4, 0.5) is 26.2 Å². The Morgan fingerprint density at radius 1 is 1.09 bits per heavy atom. The van der Waals surface area contributed by atoms with Crippen LogP contribution in [0.25, 0.3) is 0 Å². The van der Waals surface area contributed by atoms with Crippen LogP contribution in [0.5, 0.6) is 0 Å². The number of hydrogen-bond acceptors (Lipinski definition) is 7. The van der Waals surface area contributed by atoms with Gasteiger partial charge in [0.2, 0.25) is 5.95 Å². The molecule has 0 amide bonds. The highest BCUT2D eigenvalue weighted by molar-refractivity contribution is 5.96. The van der Waals surface area contributed by atoms with Crippen molar-refractivity contribution in [2.75, 3.05) is 43.4 Å². The summed E-state index contributed by atoms with van der Waals surface area (Å²) in [4.78, 5) is 16.9. The van der Waals surface area contributed by atoms with E-state index in [1.807, 2.05) is 4.90 Å². The lowest BCUT2D eigenvalue weighted by Gasteiger charge is -2.36. The largest absolute Gasteiger partial charge is 0.461 e. The van der Waals surface area contributed by atoms with Crippen molar-refractivity contribution in [2.45, 2.75) is 12.8 Å². The number of nitrogen functional groups attached to an aromatic ring is 1. The van der Waals surface area contributed by atoms with Gasteiger partial charge in [-0.1, -0.05) is 0 Å². The van der Waals surface area contributed by atoms with E-state index in [4.69, 9.17) is 15.9 Å². The molecular formula is C22H25F2N7O. The number of halogens is 2. The molecule has 0 aliphatic carbocycles. The number of aromatic nitrogens is 2. The van der Waals surface area contributed by atoms with Gasteiger partial charge in [0.15, 0.2) is 17.4 Å². The molecule has 3 aromatic rings. The fourth-order valence-corrected chi connectivity index (χ4v) is 3.73. The predicted octanol–water partition coefficient (Wildman–Crippen LogP) is 2.72. The highest BCUT2D eigenvalue weighted by Gasteiger charge is 2.19. The average Bonchev–Trinajstić information content (AvgIpc) is 3.29. The van der Waals surface area contributed by atoms with Crippen LogP contribution < -0.4 is 16.4 Å². The smallest absolute Gasteiger partial charge is 0.222 e. The number of hydrogen-bond donors (Lipinski definition) is 2. The molecule has 0 atom stereocenters. The van der Waals surface area contributed by atoms with E-state index in [1.54, 1.807) is 18.2 Å². The van der Waals surface area contributed by atoms with E-state index in [1.165, 1.54) is 18.4 Å². The fourth-order valence-electron chi connectivity index (χ4n) is 3.73. The summed E-state index contributed by atoms with van der Waals surface area (Å²) in [5, 5.41) is 0. The molecule has 0 saturated carbocycles. The zero-order valence-electron chi connectivity index (χ0n) is 17.5. The van der Waals surface area contributed by atoms with Gasteiger partial charge in [-0.2, -0.15) is 4.98 Å². The summed E-state index contributed by atoms with van der Waals surface area (Å²) in [6.45, 7) is 3.86. The molecule has 0 bridgehead atoms. The van der Waals surface area contributed by atoms with Crippen LogP contribution in [0.3, 0.4) is 0 Å². The highest BCUT2D eigenvalue weighted by Crippen LogP contribution is 2.22. The lowest BCUT2D eigenvalue weighted by Crippen LogP contribution is -2.47. The van der Waals surface area contributed by atoms with Crippen LogP contribution in [-0.2, 0) is 6.42 Å². The molecule has 0 radical (unpaired) electrons. The molecule has 10 heteroatoms. The maximum atomic E-state index is 14.0. The molecule has 168 valence electrons. The fraction of sp³-hybridized carbons (Fsp3) is 0.318. The minimum atomic E-state index is -0.562. The van der Waals surface area contributed by atoms with Gasteiger partial charge in [0.25, 0.3) is 0 Å². The lowest BCUT2D eigenvalue weighted by atomic mass is 10.2. The molecule has 1 saturated heterocycles. The Kier molecular flexibility index (Phi) is 6.60. The first-order valence-corrected chi connectivity index (χ1v) is 10.4. The summed E-state index contributed by atoms with van der Waals surface area (Å²) < 4.78 is 32.4. The number of rotatable bonds is 7. The van der Waals surface area contributed by atoms with Crippen LogP contribution in [-0.4, -0.2) is 53.4 Å². The maximum Gasteiger partial charge on any atom is 0.222 e. The molecule has 0 spiro atoms. The molecule has 0 unspecified atom stereocenters. The summed E-state index contributed by atoms with van der Waals surface area (Å²) in [6.07, 6.45) is 3.11. The van der Waals surface area contributed by atoms with Crippen LogP contribution in [0.1, 0.15) is 17.9 Å². The van der Waals surface area contributed by atoms with E-state index in [0.29, 0.717) is 36.8 Å². The second kappa shape index (κ2) is 9.73. The summed E-state index contributed by atoms with van der Waals surface area (Å²) in [5.41, 5.74) is 13.0. The second-order valence-electron chi connectivity index (χ2n) is 7.58. The number of aryl methyl sites for hydroxylation is 1. The molecule has 1 aromatic carbocycles. The summed E-state index contributed by atoms with van der Waals surface area (Å²) in [6, 6.07) is 8.93. The average molecular weight is 441 g/mol. The van der Waals surface area contributed by atoms with Crippen LogP contribution in [0.15, 0.2) is 52.1 Å². The Balaban J connectivity index is 1.29.